The number of likely N-dealkylation sites (N-methyl/N-ethyl adjacent to an activating group) is 1. The third-order valence-electron chi connectivity index (χ3n) is 5.61. The van der Waals surface area contributed by atoms with E-state index in [1.807, 2.05) is 32.9 Å². The van der Waals surface area contributed by atoms with Gasteiger partial charge >= 0.3 is 0 Å². The van der Waals surface area contributed by atoms with E-state index in [1.165, 1.54) is 6.20 Å². The largest absolute Gasteiger partial charge is 0.472 e. The van der Waals surface area contributed by atoms with Gasteiger partial charge in [-0.05, 0) is 37.6 Å². The molecule has 0 unspecified atom stereocenters. The van der Waals surface area contributed by atoms with E-state index in [0.717, 1.165) is 5.56 Å². The number of allylic oxidation sites excluding steroid dienone is 1. The lowest BCUT2D eigenvalue weighted by molar-refractivity contribution is 0.0313. The summed E-state index contributed by atoms with van der Waals surface area (Å²) in [7, 11) is 1.72. The van der Waals surface area contributed by atoms with Gasteiger partial charge in [0.15, 0.2) is 0 Å². The van der Waals surface area contributed by atoms with Crippen molar-refractivity contribution in [2.24, 2.45) is 5.92 Å². The zero-order chi connectivity index (χ0) is 23.3. The van der Waals surface area contributed by atoms with E-state index in [2.05, 4.69) is 9.97 Å². The molecule has 0 spiro atoms. The summed E-state index contributed by atoms with van der Waals surface area (Å²) in [4.78, 5) is 37.8. The van der Waals surface area contributed by atoms with Crippen molar-refractivity contribution in [3.63, 3.8) is 0 Å². The van der Waals surface area contributed by atoms with Gasteiger partial charge < -0.3 is 19.6 Å². The second-order valence-corrected chi connectivity index (χ2v) is 8.17. The van der Waals surface area contributed by atoms with Crippen LogP contribution in [0.2, 0.25) is 0 Å². The topological polar surface area (TPSA) is 95.9 Å². The lowest BCUT2D eigenvalue weighted by Gasteiger charge is -2.37. The molecule has 32 heavy (non-hydrogen) atoms. The monoisotopic (exact) mass is 438 g/mol. The van der Waals surface area contributed by atoms with Crippen molar-refractivity contribution >= 4 is 17.9 Å². The summed E-state index contributed by atoms with van der Waals surface area (Å²) in [6.07, 6.45) is 8.13. The molecule has 0 bridgehead atoms. The highest BCUT2D eigenvalue weighted by Crippen LogP contribution is 2.27. The third-order valence-corrected chi connectivity index (χ3v) is 5.61. The Hall–Kier alpha value is -3.26. The number of aromatic nitrogens is 2. The number of amides is 2. The van der Waals surface area contributed by atoms with E-state index in [1.54, 1.807) is 47.4 Å². The molecule has 3 atom stereocenters. The Balaban J connectivity index is 1.93. The highest BCUT2D eigenvalue weighted by Gasteiger charge is 2.34. The van der Waals surface area contributed by atoms with Crippen molar-refractivity contribution in [3.05, 3.63) is 59.6 Å². The molecule has 3 rings (SSSR count). The number of hydrogen-bond acceptors (Lipinski definition) is 6. The molecule has 3 heterocycles. The Labute approximate surface area is 188 Å². The van der Waals surface area contributed by atoms with Gasteiger partial charge in [0, 0.05) is 38.1 Å². The molecule has 0 radical (unpaired) electrons. The molecule has 1 aliphatic heterocycles. The Morgan fingerprint density at radius 2 is 2.22 bits per heavy atom. The summed E-state index contributed by atoms with van der Waals surface area (Å²) >= 11 is 0. The average molecular weight is 439 g/mol. The van der Waals surface area contributed by atoms with Crippen LogP contribution in [0.3, 0.4) is 0 Å². The molecule has 0 saturated carbocycles. The van der Waals surface area contributed by atoms with E-state index in [0.29, 0.717) is 24.2 Å². The van der Waals surface area contributed by atoms with Gasteiger partial charge in [-0.25, -0.2) is 4.98 Å². The quantitative estimate of drug-likeness (QED) is 0.745. The van der Waals surface area contributed by atoms with E-state index in [9.17, 15) is 14.7 Å². The number of rotatable bonds is 6. The van der Waals surface area contributed by atoms with Crippen LogP contribution in [-0.2, 0) is 0 Å². The Morgan fingerprint density at radius 3 is 2.88 bits per heavy atom. The van der Waals surface area contributed by atoms with Crippen LogP contribution in [0, 0.1) is 5.92 Å². The molecule has 8 heteroatoms. The molecular formula is C24H30N4O4. The van der Waals surface area contributed by atoms with Gasteiger partial charge in [-0.2, -0.15) is 0 Å². The lowest BCUT2D eigenvalue weighted by Crippen LogP contribution is -2.50. The maximum Gasteiger partial charge on any atom is 0.259 e. The highest BCUT2D eigenvalue weighted by molar-refractivity contribution is 5.97. The van der Waals surface area contributed by atoms with Gasteiger partial charge in [0.05, 0.1) is 24.8 Å². The van der Waals surface area contributed by atoms with Crippen LogP contribution < -0.4 is 4.74 Å². The molecule has 1 aliphatic rings. The van der Waals surface area contributed by atoms with Gasteiger partial charge in [0.2, 0.25) is 5.88 Å². The number of fused-ring (bicyclic) bond motifs is 1. The predicted octanol–water partition coefficient (Wildman–Crippen LogP) is 2.50. The van der Waals surface area contributed by atoms with Crippen molar-refractivity contribution in [1.29, 1.82) is 0 Å². The standard InChI is InChI=1S/C24H30N4O4/c1-5-7-18-10-20-22(26-11-18)32-21(16(2)13-28(24(20)31)17(3)15-29)14-27(4)23(30)19-8-6-9-25-12-19/h5-12,16-17,21,29H,13-15H2,1-4H3/b7-5+/t16-,17-,21+/m1/s1. The molecular weight excluding hydrogens is 408 g/mol. The van der Waals surface area contributed by atoms with Crippen molar-refractivity contribution in [3.8, 4) is 5.88 Å². The molecule has 0 fully saturated rings. The molecule has 2 aromatic rings. The lowest BCUT2D eigenvalue weighted by atomic mass is 9.99. The van der Waals surface area contributed by atoms with Crippen LogP contribution in [-0.4, -0.2) is 75.6 Å². The maximum atomic E-state index is 13.3. The number of hydrogen-bond donors (Lipinski definition) is 1. The summed E-state index contributed by atoms with van der Waals surface area (Å²) in [5.41, 5.74) is 1.63. The van der Waals surface area contributed by atoms with E-state index in [-0.39, 0.29) is 36.3 Å². The number of nitrogens with zero attached hydrogens (tertiary/aromatic N) is 4. The molecule has 2 amide bonds. The average Bonchev–Trinajstić information content (AvgIpc) is 2.81. The number of carbonyl (C=O) groups is 2. The predicted molar refractivity (Wildman–Crippen MR) is 121 cm³/mol. The van der Waals surface area contributed by atoms with E-state index in [4.69, 9.17) is 4.74 Å². The minimum absolute atomic E-state index is 0.109. The molecule has 1 N–H and O–H groups in total. The number of ether oxygens (including phenoxy) is 1. The molecule has 2 aromatic heterocycles. The molecule has 0 aromatic carbocycles. The van der Waals surface area contributed by atoms with E-state index >= 15 is 0 Å². The fraction of sp³-hybridized carbons (Fsp3) is 0.417. The summed E-state index contributed by atoms with van der Waals surface area (Å²) in [6.45, 7) is 6.21. The number of aliphatic hydroxyl groups is 1. The second-order valence-electron chi connectivity index (χ2n) is 8.17. The van der Waals surface area contributed by atoms with Crippen molar-refractivity contribution in [1.82, 2.24) is 19.8 Å². The fourth-order valence-corrected chi connectivity index (χ4v) is 3.68. The first-order chi connectivity index (χ1) is 15.3. The maximum absolute atomic E-state index is 13.3. The van der Waals surface area contributed by atoms with Gasteiger partial charge in [0.1, 0.15) is 11.7 Å². The smallest absolute Gasteiger partial charge is 0.259 e. The summed E-state index contributed by atoms with van der Waals surface area (Å²) < 4.78 is 6.22. The number of carbonyl (C=O) groups excluding carboxylic acids is 2. The summed E-state index contributed by atoms with van der Waals surface area (Å²) in [5, 5.41) is 9.74. The van der Waals surface area contributed by atoms with Crippen LogP contribution in [0.1, 0.15) is 47.1 Å². The summed E-state index contributed by atoms with van der Waals surface area (Å²) in [6, 6.07) is 4.83. The van der Waals surface area contributed by atoms with Crippen LogP contribution >= 0.6 is 0 Å². The van der Waals surface area contributed by atoms with Crippen LogP contribution in [0.5, 0.6) is 5.88 Å². The van der Waals surface area contributed by atoms with Crippen LogP contribution in [0.4, 0.5) is 0 Å². The fourth-order valence-electron chi connectivity index (χ4n) is 3.68. The number of aliphatic hydroxyl groups excluding tert-OH is 1. The molecule has 170 valence electrons. The first-order valence-corrected chi connectivity index (χ1v) is 10.7. The Morgan fingerprint density at radius 1 is 1.44 bits per heavy atom. The SMILES string of the molecule is C/C=C/c1cnc2c(c1)C(=O)N([C@H](C)CO)C[C@@H](C)[C@H](CN(C)C(=O)c1cccnc1)O2. The van der Waals surface area contributed by atoms with Crippen LogP contribution in [0.25, 0.3) is 6.08 Å². The molecule has 8 nitrogen and oxygen atoms in total. The second kappa shape index (κ2) is 10.4. The van der Waals surface area contributed by atoms with Crippen molar-refractivity contribution in [2.45, 2.75) is 32.9 Å². The van der Waals surface area contributed by atoms with Gasteiger partial charge in [0.25, 0.3) is 11.8 Å². The van der Waals surface area contributed by atoms with Crippen LogP contribution in [0.15, 0.2) is 42.9 Å². The first-order valence-electron chi connectivity index (χ1n) is 10.7. The minimum atomic E-state index is -0.402. The zero-order valence-electron chi connectivity index (χ0n) is 18.9. The van der Waals surface area contributed by atoms with Gasteiger partial charge in [-0.3, -0.25) is 14.6 Å². The minimum Gasteiger partial charge on any atom is -0.472 e. The van der Waals surface area contributed by atoms with Crippen molar-refractivity contribution in [2.75, 3.05) is 26.7 Å². The Bertz CT molecular complexity index is 979. The van der Waals surface area contributed by atoms with Gasteiger partial charge in [-0.1, -0.05) is 19.1 Å². The highest BCUT2D eigenvalue weighted by atomic mass is 16.5. The van der Waals surface area contributed by atoms with Crippen molar-refractivity contribution < 1.29 is 19.4 Å². The van der Waals surface area contributed by atoms with E-state index < -0.39 is 6.10 Å². The van der Waals surface area contributed by atoms with Gasteiger partial charge in [-0.15, -0.1) is 0 Å². The summed E-state index contributed by atoms with van der Waals surface area (Å²) in [5.74, 6) is -0.269. The third kappa shape index (κ3) is 5.13. The number of pyridine rings is 2. The molecule has 0 aliphatic carbocycles. The zero-order valence-corrected chi connectivity index (χ0v) is 18.9. The normalized spacial score (nSPS) is 19.7. The molecule has 0 saturated heterocycles. The Kier molecular flexibility index (Phi) is 7.58. The first kappa shape index (κ1) is 23.4.